The van der Waals surface area contributed by atoms with Crippen LogP contribution < -0.4 is 14.4 Å². The summed E-state index contributed by atoms with van der Waals surface area (Å²) in [7, 11) is -2.63. The van der Waals surface area contributed by atoms with E-state index >= 15 is 0 Å². The van der Waals surface area contributed by atoms with Crippen molar-refractivity contribution in [2.24, 2.45) is 0 Å². The number of carbonyl (C=O) groups excluding carboxylic acids is 2. The van der Waals surface area contributed by atoms with Gasteiger partial charge >= 0.3 is 0 Å². The van der Waals surface area contributed by atoms with Crippen LogP contribution in [-0.4, -0.2) is 57.4 Å². The first kappa shape index (κ1) is 30.7. The van der Waals surface area contributed by atoms with Gasteiger partial charge in [0, 0.05) is 12.6 Å². The van der Waals surface area contributed by atoms with Crippen molar-refractivity contribution in [3.8, 4) is 5.75 Å². The van der Waals surface area contributed by atoms with Crippen LogP contribution in [0.3, 0.4) is 0 Å². The van der Waals surface area contributed by atoms with Gasteiger partial charge < -0.3 is 15.0 Å². The molecule has 1 N–H and O–H groups in total. The van der Waals surface area contributed by atoms with Crippen LogP contribution in [0.15, 0.2) is 83.8 Å². The Hall–Kier alpha value is -3.85. The number of benzene rings is 3. The van der Waals surface area contributed by atoms with E-state index in [0.29, 0.717) is 24.3 Å². The third-order valence-corrected chi connectivity index (χ3v) is 8.34. The number of ether oxygens (including phenoxy) is 1. The zero-order valence-electron chi connectivity index (χ0n) is 23.8. The monoisotopic (exact) mass is 565 g/mol. The fraction of sp³-hybridized carbons (Fsp3) is 0.355. The molecule has 0 aliphatic rings. The van der Waals surface area contributed by atoms with Gasteiger partial charge in [0.2, 0.25) is 11.8 Å². The van der Waals surface area contributed by atoms with Crippen LogP contribution in [0.5, 0.6) is 5.75 Å². The van der Waals surface area contributed by atoms with Crippen molar-refractivity contribution in [2.45, 2.75) is 57.5 Å². The lowest BCUT2D eigenvalue weighted by atomic mass is 10.1. The van der Waals surface area contributed by atoms with Gasteiger partial charge in [-0.05, 0) is 75.6 Å². The molecule has 0 saturated heterocycles. The summed E-state index contributed by atoms with van der Waals surface area (Å²) in [6.07, 6.45) is 0.905. The van der Waals surface area contributed by atoms with Gasteiger partial charge in [0.15, 0.2) is 0 Å². The van der Waals surface area contributed by atoms with Crippen LogP contribution in [0.2, 0.25) is 0 Å². The summed E-state index contributed by atoms with van der Waals surface area (Å²) in [6, 6.07) is 21.8. The van der Waals surface area contributed by atoms with Gasteiger partial charge in [-0.15, -0.1) is 0 Å². The van der Waals surface area contributed by atoms with E-state index in [-0.39, 0.29) is 23.4 Å². The number of methoxy groups -OCH3 is 1. The lowest BCUT2D eigenvalue weighted by Gasteiger charge is -2.33. The third kappa shape index (κ3) is 7.85. The van der Waals surface area contributed by atoms with Crippen molar-refractivity contribution in [2.75, 3.05) is 24.5 Å². The zero-order valence-corrected chi connectivity index (χ0v) is 24.6. The van der Waals surface area contributed by atoms with E-state index in [0.717, 1.165) is 15.4 Å². The Bertz CT molecular complexity index is 1360. The van der Waals surface area contributed by atoms with E-state index in [1.54, 1.807) is 36.4 Å². The SMILES string of the molecule is CCC(C(=O)NC(C)C)N(CCc1ccccc1)C(=O)CN(c1ccc(C)cc1)S(=O)(=O)c1ccc(OC)cc1. The average molecular weight is 566 g/mol. The van der Waals surface area contributed by atoms with Gasteiger partial charge in [0.05, 0.1) is 17.7 Å². The van der Waals surface area contributed by atoms with Gasteiger partial charge in [-0.2, -0.15) is 0 Å². The topological polar surface area (TPSA) is 96.0 Å². The quantitative estimate of drug-likeness (QED) is 0.328. The van der Waals surface area contributed by atoms with E-state index < -0.39 is 28.5 Å². The smallest absolute Gasteiger partial charge is 0.264 e. The van der Waals surface area contributed by atoms with Crippen molar-refractivity contribution < 1.29 is 22.7 Å². The number of nitrogens with zero attached hydrogens (tertiary/aromatic N) is 2. The number of hydrogen-bond acceptors (Lipinski definition) is 5. The van der Waals surface area contributed by atoms with Crippen LogP contribution in [-0.2, 0) is 26.0 Å². The number of anilines is 1. The summed E-state index contributed by atoms with van der Waals surface area (Å²) in [5.41, 5.74) is 2.33. The minimum Gasteiger partial charge on any atom is -0.497 e. The predicted octanol–water partition coefficient (Wildman–Crippen LogP) is 4.57. The molecule has 2 amide bonds. The van der Waals surface area contributed by atoms with E-state index in [2.05, 4.69) is 5.32 Å². The fourth-order valence-electron chi connectivity index (χ4n) is 4.39. The number of rotatable bonds is 13. The highest BCUT2D eigenvalue weighted by Crippen LogP contribution is 2.26. The second kappa shape index (κ2) is 14.0. The minimum atomic E-state index is -4.13. The normalized spacial score (nSPS) is 12.1. The molecule has 3 aromatic rings. The molecule has 0 heterocycles. The molecule has 0 aliphatic heterocycles. The molecule has 1 atom stereocenters. The van der Waals surface area contributed by atoms with Gasteiger partial charge in [0.25, 0.3) is 10.0 Å². The van der Waals surface area contributed by atoms with Crippen molar-refractivity contribution in [3.63, 3.8) is 0 Å². The van der Waals surface area contributed by atoms with Crippen molar-refractivity contribution in [1.29, 1.82) is 0 Å². The Morgan fingerprint density at radius 3 is 2.10 bits per heavy atom. The number of aryl methyl sites for hydroxylation is 1. The summed E-state index contributed by atoms with van der Waals surface area (Å²) in [5, 5.41) is 2.91. The highest BCUT2D eigenvalue weighted by Gasteiger charge is 2.33. The fourth-order valence-corrected chi connectivity index (χ4v) is 5.81. The molecule has 8 nitrogen and oxygen atoms in total. The van der Waals surface area contributed by atoms with Crippen LogP contribution in [0, 0.1) is 6.92 Å². The Labute approximate surface area is 238 Å². The van der Waals surface area contributed by atoms with Gasteiger partial charge in [-0.3, -0.25) is 13.9 Å². The molecule has 9 heteroatoms. The first-order valence-electron chi connectivity index (χ1n) is 13.4. The number of hydrogen-bond donors (Lipinski definition) is 1. The molecule has 1 unspecified atom stereocenters. The molecule has 0 radical (unpaired) electrons. The number of nitrogens with one attached hydrogen (secondary N) is 1. The number of sulfonamides is 1. The van der Waals surface area contributed by atoms with Crippen LogP contribution in [0.25, 0.3) is 0 Å². The molecular formula is C31H39N3O5S. The zero-order chi connectivity index (χ0) is 29.3. The minimum absolute atomic E-state index is 0.0297. The predicted molar refractivity (Wildman–Crippen MR) is 158 cm³/mol. The van der Waals surface area contributed by atoms with Gasteiger partial charge in [-0.1, -0.05) is 55.0 Å². The van der Waals surface area contributed by atoms with Crippen LogP contribution >= 0.6 is 0 Å². The summed E-state index contributed by atoms with van der Waals surface area (Å²) >= 11 is 0. The average Bonchev–Trinajstić information content (AvgIpc) is 2.94. The summed E-state index contributed by atoms with van der Waals surface area (Å²) < 4.78 is 34.1. The lowest BCUT2D eigenvalue weighted by Crippen LogP contribution is -2.54. The molecule has 0 spiro atoms. The van der Waals surface area contributed by atoms with Crippen LogP contribution in [0.1, 0.15) is 38.3 Å². The Morgan fingerprint density at radius 2 is 1.55 bits per heavy atom. The van der Waals surface area contributed by atoms with E-state index in [1.807, 2.05) is 58.0 Å². The molecule has 0 fully saturated rings. The molecular weight excluding hydrogens is 526 g/mol. The lowest BCUT2D eigenvalue weighted by molar-refractivity contribution is -0.139. The Kier molecular flexibility index (Phi) is 10.7. The maximum Gasteiger partial charge on any atom is 0.264 e. The molecule has 214 valence electrons. The molecule has 0 saturated carbocycles. The maximum absolute atomic E-state index is 14.0. The molecule has 0 bridgehead atoms. The Balaban J connectivity index is 2.00. The second-order valence-electron chi connectivity index (χ2n) is 9.93. The van der Waals surface area contributed by atoms with Gasteiger partial charge in [0.1, 0.15) is 18.3 Å². The van der Waals surface area contributed by atoms with Crippen molar-refractivity contribution >= 4 is 27.5 Å². The first-order chi connectivity index (χ1) is 19.1. The number of amides is 2. The largest absolute Gasteiger partial charge is 0.497 e. The van der Waals surface area contributed by atoms with Crippen molar-refractivity contribution in [1.82, 2.24) is 10.2 Å². The van der Waals surface area contributed by atoms with Gasteiger partial charge in [-0.25, -0.2) is 8.42 Å². The highest BCUT2D eigenvalue weighted by molar-refractivity contribution is 7.92. The van der Waals surface area contributed by atoms with Crippen molar-refractivity contribution in [3.05, 3.63) is 90.0 Å². The molecule has 0 aliphatic carbocycles. The molecule has 3 aromatic carbocycles. The summed E-state index contributed by atoms with van der Waals surface area (Å²) in [6.45, 7) is 7.28. The Morgan fingerprint density at radius 1 is 0.925 bits per heavy atom. The van der Waals surface area contributed by atoms with Crippen LogP contribution in [0.4, 0.5) is 5.69 Å². The summed E-state index contributed by atoms with van der Waals surface area (Å²) in [4.78, 5) is 28.7. The second-order valence-corrected chi connectivity index (χ2v) is 11.8. The van der Waals surface area contributed by atoms with E-state index in [4.69, 9.17) is 4.74 Å². The van der Waals surface area contributed by atoms with E-state index in [9.17, 15) is 18.0 Å². The first-order valence-corrected chi connectivity index (χ1v) is 14.9. The standard InChI is InChI=1S/C31H39N3O5S/c1-6-29(31(36)32-23(2)3)33(21-20-25-10-8-7-9-11-25)30(35)22-34(26-14-12-24(4)13-15-26)40(37,38)28-18-16-27(39-5)17-19-28/h7-19,23,29H,6,20-22H2,1-5H3,(H,32,36). The maximum atomic E-state index is 14.0. The molecule has 40 heavy (non-hydrogen) atoms. The summed E-state index contributed by atoms with van der Waals surface area (Å²) in [5.74, 6) is -0.205. The van der Waals surface area contributed by atoms with E-state index in [1.165, 1.54) is 24.1 Å². The highest BCUT2D eigenvalue weighted by atomic mass is 32.2. The number of carbonyl (C=O) groups is 2. The third-order valence-electron chi connectivity index (χ3n) is 6.55. The molecule has 0 aromatic heterocycles. The molecule has 3 rings (SSSR count).